The van der Waals surface area contributed by atoms with Crippen molar-refractivity contribution in [3.8, 4) is 20.9 Å². The lowest BCUT2D eigenvalue weighted by Gasteiger charge is -2.35. The molecule has 0 N–H and O–H groups in total. The van der Waals surface area contributed by atoms with Gasteiger partial charge in [-0.1, -0.05) is 119 Å². The molecule has 60 heavy (non-hydrogen) atoms. The van der Waals surface area contributed by atoms with Crippen LogP contribution in [0, 0.1) is 27.7 Å². The summed E-state index contributed by atoms with van der Waals surface area (Å²) in [6, 6.07) is 47.9. The van der Waals surface area contributed by atoms with E-state index >= 15 is 0 Å². The molecule has 11 aromatic rings. The second-order valence-electron chi connectivity index (χ2n) is 16.5. The van der Waals surface area contributed by atoms with Gasteiger partial charge in [0.2, 0.25) is 0 Å². The molecule has 0 saturated heterocycles. The van der Waals surface area contributed by atoms with E-state index in [1.54, 1.807) is 0 Å². The van der Waals surface area contributed by atoms with Crippen LogP contribution in [0.25, 0.3) is 58.5 Å². The zero-order chi connectivity index (χ0) is 40.4. The van der Waals surface area contributed by atoms with E-state index in [4.69, 9.17) is 0 Å². The third-order valence-corrected chi connectivity index (χ3v) is 21.9. The fourth-order valence-electron chi connectivity index (χ4n) is 10.4. The SMILES string of the molecule is Cc1ccc(C2(c3ccc(C)cc3)c3cc4c(cc3-c3sc5c(sc6cc(Br)sc65)c32)C(c2ccc(C)cc2)(c2ccc(C)cc2)c2c-4sc3c2sc2cc(Br)sc23)cc1. The first-order chi connectivity index (χ1) is 29.1. The molecule has 0 atom stereocenters. The second-order valence-corrected chi connectivity index (χ2v) is 25.5. The van der Waals surface area contributed by atoms with Crippen molar-refractivity contribution in [3.63, 3.8) is 0 Å². The van der Waals surface area contributed by atoms with E-state index in [0.29, 0.717) is 0 Å². The maximum Gasteiger partial charge on any atom is 0.0736 e. The Morgan fingerprint density at radius 1 is 0.350 bits per heavy atom. The summed E-state index contributed by atoms with van der Waals surface area (Å²) in [4.78, 5) is 2.82. The van der Waals surface area contributed by atoms with Crippen LogP contribution in [0.15, 0.2) is 129 Å². The zero-order valence-corrected chi connectivity index (χ0v) is 40.8. The first-order valence-corrected chi connectivity index (χ1v) is 26.4. The molecule has 2 aliphatic carbocycles. The van der Waals surface area contributed by atoms with E-state index in [9.17, 15) is 0 Å². The summed E-state index contributed by atoms with van der Waals surface area (Å²) in [6.07, 6.45) is 0. The molecular formula is C52H32Br2S6. The van der Waals surface area contributed by atoms with Crippen LogP contribution in [-0.2, 0) is 10.8 Å². The Balaban J connectivity index is 1.23. The molecule has 0 saturated carbocycles. The fraction of sp³-hybridized carbons (Fsp3) is 0.115. The van der Waals surface area contributed by atoms with E-state index in [1.807, 2.05) is 68.0 Å². The highest BCUT2D eigenvalue weighted by Gasteiger charge is 2.54. The summed E-state index contributed by atoms with van der Waals surface area (Å²) in [7, 11) is 0. The molecule has 0 fully saturated rings. The molecule has 6 heterocycles. The van der Waals surface area contributed by atoms with E-state index in [1.165, 1.54) is 133 Å². The van der Waals surface area contributed by atoms with Crippen LogP contribution in [-0.4, -0.2) is 0 Å². The molecule has 0 aliphatic heterocycles. The highest BCUT2D eigenvalue weighted by molar-refractivity contribution is 9.11. The minimum absolute atomic E-state index is 0.511. The van der Waals surface area contributed by atoms with E-state index in [-0.39, 0.29) is 0 Å². The Morgan fingerprint density at radius 3 is 0.983 bits per heavy atom. The van der Waals surface area contributed by atoms with Crippen molar-refractivity contribution in [2.24, 2.45) is 0 Å². The molecule has 0 amide bonds. The number of aryl methyl sites for hydroxylation is 4. The van der Waals surface area contributed by atoms with Gasteiger partial charge in [0, 0.05) is 30.3 Å². The first kappa shape index (κ1) is 36.9. The van der Waals surface area contributed by atoms with Gasteiger partial charge in [0.25, 0.3) is 0 Å². The van der Waals surface area contributed by atoms with Crippen LogP contribution in [0.1, 0.15) is 66.8 Å². The Morgan fingerprint density at radius 2 is 0.667 bits per heavy atom. The lowest BCUT2D eigenvalue weighted by molar-refractivity contribution is 0.766. The summed E-state index contributed by atoms with van der Waals surface area (Å²) >= 11 is 19.4. The zero-order valence-electron chi connectivity index (χ0n) is 32.8. The van der Waals surface area contributed by atoms with Gasteiger partial charge in [-0.05, 0) is 128 Å². The predicted molar refractivity (Wildman–Crippen MR) is 273 cm³/mol. The van der Waals surface area contributed by atoms with Crippen molar-refractivity contribution in [3.05, 3.63) is 196 Å². The lowest BCUT2D eigenvalue weighted by atomic mass is 9.65. The molecule has 5 aromatic carbocycles. The Hall–Kier alpha value is -3.70. The Labute approximate surface area is 388 Å². The number of hydrogen-bond donors (Lipinski definition) is 0. The Kier molecular flexibility index (Phi) is 7.95. The largest absolute Gasteiger partial charge is 0.133 e. The third-order valence-electron chi connectivity index (χ3n) is 13.0. The quantitative estimate of drug-likeness (QED) is 0.165. The molecule has 8 heteroatoms. The molecule has 0 unspecified atom stereocenters. The molecule has 0 bridgehead atoms. The fourth-order valence-corrected chi connectivity index (χ4v) is 20.4. The molecule has 0 nitrogen and oxygen atoms in total. The summed E-state index contributed by atoms with van der Waals surface area (Å²) in [5.74, 6) is 0. The van der Waals surface area contributed by atoms with Gasteiger partial charge in [0.15, 0.2) is 0 Å². The smallest absolute Gasteiger partial charge is 0.0736 e. The van der Waals surface area contributed by atoms with Gasteiger partial charge in [0.1, 0.15) is 0 Å². The van der Waals surface area contributed by atoms with Crippen molar-refractivity contribution >= 4 is 137 Å². The normalized spacial score (nSPS) is 14.8. The summed E-state index contributed by atoms with van der Waals surface area (Å²) in [5.41, 5.74) is 17.8. The number of hydrogen-bond acceptors (Lipinski definition) is 6. The maximum atomic E-state index is 3.85. The molecule has 6 aromatic heterocycles. The highest BCUT2D eigenvalue weighted by atomic mass is 79.9. The lowest BCUT2D eigenvalue weighted by Crippen LogP contribution is -2.30. The standard InChI is InChI=1S/C52H32Br2S6/c1-25-5-13-29(14-6-25)51(30-15-7-26(2)8-16-30)35-21-34-36(22-33(35)43-41(51)47-49(59-43)45-37(55-47)23-39(53)57-45)52(31-17-9-27(3)10-18-31,32-19-11-28(4)12-20-32)42-44(34)60-50-46-38(56-48(42)50)24-40(54)58-46/h5-24H,1-4H3. The van der Waals surface area contributed by atoms with Gasteiger partial charge in [-0.25, -0.2) is 0 Å². The minimum atomic E-state index is -0.511. The summed E-state index contributed by atoms with van der Waals surface area (Å²) < 4.78 is 13.6. The highest BCUT2D eigenvalue weighted by Crippen LogP contribution is 2.69. The maximum absolute atomic E-state index is 3.85. The van der Waals surface area contributed by atoms with Crippen molar-refractivity contribution in [1.82, 2.24) is 0 Å². The van der Waals surface area contributed by atoms with Crippen LogP contribution >= 0.6 is 99.9 Å². The van der Waals surface area contributed by atoms with Gasteiger partial charge in [-0.3, -0.25) is 0 Å². The third kappa shape index (κ3) is 4.75. The predicted octanol–water partition coefficient (Wildman–Crippen LogP) is 18.2. The topological polar surface area (TPSA) is 0 Å². The molecule has 290 valence electrons. The van der Waals surface area contributed by atoms with Crippen LogP contribution in [0.3, 0.4) is 0 Å². The van der Waals surface area contributed by atoms with E-state index < -0.39 is 10.8 Å². The van der Waals surface area contributed by atoms with Gasteiger partial charge in [0.05, 0.1) is 46.6 Å². The molecule has 13 rings (SSSR count). The van der Waals surface area contributed by atoms with Crippen molar-refractivity contribution < 1.29 is 0 Å². The number of thiophene rings is 6. The number of fused-ring (bicyclic) bond motifs is 14. The van der Waals surface area contributed by atoms with Crippen LogP contribution in [0.4, 0.5) is 0 Å². The van der Waals surface area contributed by atoms with Crippen molar-refractivity contribution in [1.29, 1.82) is 0 Å². The average molecular weight is 1010 g/mol. The average Bonchev–Trinajstić information content (AvgIpc) is 4.11. The molecule has 0 radical (unpaired) electrons. The molecular weight excluding hydrogens is 977 g/mol. The van der Waals surface area contributed by atoms with Gasteiger partial charge >= 0.3 is 0 Å². The number of rotatable bonds is 4. The number of halogens is 2. The van der Waals surface area contributed by atoms with Gasteiger partial charge in [-0.15, -0.1) is 68.0 Å². The molecule has 2 aliphatic rings. The van der Waals surface area contributed by atoms with Crippen LogP contribution < -0.4 is 0 Å². The van der Waals surface area contributed by atoms with Gasteiger partial charge in [-0.2, -0.15) is 0 Å². The van der Waals surface area contributed by atoms with Crippen molar-refractivity contribution in [2.45, 2.75) is 38.5 Å². The van der Waals surface area contributed by atoms with Gasteiger partial charge < -0.3 is 0 Å². The molecule has 0 spiro atoms. The van der Waals surface area contributed by atoms with Crippen LogP contribution in [0.5, 0.6) is 0 Å². The first-order valence-electron chi connectivity index (χ1n) is 19.9. The number of benzene rings is 5. The minimum Gasteiger partial charge on any atom is -0.133 e. The summed E-state index contributed by atoms with van der Waals surface area (Å²) in [6.45, 7) is 8.83. The monoisotopic (exact) mass is 1010 g/mol. The van der Waals surface area contributed by atoms with E-state index in [2.05, 4.69) is 181 Å². The van der Waals surface area contributed by atoms with Crippen LogP contribution in [0.2, 0.25) is 0 Å². The Bertz CT molecular complexity index is 3250. The summed E-state index contributed by atoms with van der Waals surface area (Å²) in [5, 5.41) is 0. The van der Waals surface area contributed by atoms with E-state index in [0.717, 1.165) is 0 Å². The second kappa shape index (κ2) is 12.9. The van der Waals surface area contributed by atoms with Crippen molar-refractivity contribution in [2.75, 3.05) is 0 Å².